The lowest BCUT2D eigenvalue weighted by molar-refractivity contribution is -0.134. The first-order valence-corrected chi connectivity index (χ1v) is 6.60. The van der Waals surface area contributed by atoms with Crippen molar-refractivity contribution in [1.29, 1.82) is 0 Å². The molecule has 4 nitrogen and oxygen atoms in total. The Labute approximate surface area is 120 Å². The van der Waals surface area contributed by atoms with Crippen LogP contribution in [0.5, 0.6) is 0 Å². The number of para-hydroxylation sites is 2. The van der Waals surface area contributed by atoms with Gasteiger partial charge in [-0.1, -0.05) is 19.1 Å². The first-order chi connectivity index (χ1) is 9.83. The van der Waals surface area contributed by atoms with Crippen LogP contribution in [0.25, 0.3) is 0 Å². The summed E-state index contributed by atoms with van der Waals surface area (Å²) in [5.74, 6) is -1.30. The molecule has 2 rings (SSSR count). The van der Waals surface area contributed by atoms with Crippen LogP contribution in [0.1, 0.15) is 19.8 Å². The van der Waals surface area contributed by atoms with Crippen molar-refractivity contribution < 1.29 is 22.8 Å². The minimum atomic E-state index is -4.52. The molecule has 1 aliphatic heterocycles. The fourth-order valence-corrected chi connectivity index (χ4v) is 2.33. The van der Waals surface area contributed by atoms with Gasteiger partial charge in [-0.25, -0.2) is 0 Å². The maximum absolute atomic E-state index is 12.7. The molecule has 0 radical (unpaired) electrons. The van der Waals surface area contributed by atoms with Gasteiger partial charge in [-0.3, -0.25) is 9.59 Å². The van der Waals surface area contributed by atoms with E-state index in [9.17, 15) is 22.8 Å². The molecule has 21 heavy (non-hydrogen) atoms. The van der Waals surface area contributed by atoms with Crippen LogP contribution in [0.15, 0.2) is 24.3 Å². The molecule has 114 valence electrons. The molecule has 0 saturated carbocycles. The van der Waals surface area contributed by atoms with Gasteiger partial charge in [0.15, 0.2) is 0 Å². The monoisotopic (exact) mass is 300 g/mol. The zero-order valence-corrected chi connectivity index (χ0v) is 11.5. The van der Waals surface area contributed by atoms with Gasteiger partial charge in [0.2, 0.25) is 11.8 Å². The number of amides is 2. The van der Waals surface area contributed by atoms with Crippen molar-refractivity contribution in [2.75, 3.05) is 22.9 Å². The molecule has 1 aromatic rings. The predicted molar refractivity (Wildman–Crippen MR) is 72.1 cm³/mol. The van der Waals surface area contributed by atoms with Crippen LogP contribution in [0.2, 0.25) is 0 Å². The summed E-state index contributed by atoms with van der Waals surface area (Å²) in [6, 6.07) is 6.18. The third-order valence-corrected chi connectivity index (χ3v) is 3.15. The number of rotatable bonds is 3. The van der Waals surface area contributed by atoms with Gasteiger partial charge in [-0.2, -0.15) is 13.2 Å². The Kier molecular flexibility index (Phi) is 4.20. The van der Waals surface area contributed by atoms with E-state index in [0.717, 1.165) is 0 Å². The smallest absolute Gasteiger partial charge is 0.310 e. The van der Waals surface area contributed by atoms with Crippen molar-refractivity contribution in [2.24, 2.45) is 0 Å². The van der Waals surface area contributed by atoms with Crippen molar-refractivity contribution >= 4 is 23.2 Å². The molecular weight excluding hydrogens is 285 g/mol. The molecule has 0 saturated heterocycles. The minimum absolute atomic E-state index is 0.124. The second-order valence-corrected chi connectivity index (χ2v) is 4.81. The van der Waals surface area contributed by atoms with E-state index in [1.165, 1.54) is 11.0 Å². The SMILES string of the molecule is CCCN1C(=O)CC(=O)N(CC(F)(F)F)c2ccccc21. The lowest BCUT2D eigenvalue weighted by Gasteiger charge is -2.25. The number of carbonyl (C=O) groups excluding carboxylic acids is 2. The van der Waals surface area contributed by atoms with Crippen molar-refractivity contribution in [3.05, 3.63) is 24.3 Å². The van der Waals surface area contributed by atoms with Crippen LogP contribution >= 0.6 is 0 Å². The van der Waals surface area contributed by atoms with Crippen LogP contribution in [-0.2, 0) is 9.59 Å². The minimum Gasteiger partial charge on any atom is -0.310 e. The topological polar surface area (TPSA) is 40.6 Å². The van der Waals surface area contributed by atoms with Gasteiger partial charge in [0.1, 0.15) is 13.0 Å². The maximum atomic E-state index is 12.7. The molecule has 0 unspecified atom stereocenters. The Morgan fingerprint density at radius 3 is 2.10 bits per heavy atom. The molecule has 7 heteroatoms. The summed E-state index contributed by atoms with van der Waals surface area (Å²) in [4.78, 5) is 26.1. The first-order valence-electron chi connectivity index (χ1n) is 6.60. The van der Waals surface area contributed by atoms with E-state index in [-0.39, 0.29) is 5.69 Å². The molecule has 1 aromatic carbocycles. The van der Waals surface area contributed by atoms with E-state index in [4.69, 9.17) is 0 Å². The molecule has 0 bridgehead atoms. The Bertz CT molecular complexity index is 557. The average Bonchev–Trinajstić information content (AvgIpc) is 2.49. The van der Waals surface area contributed by atoms with E-state index in [1.54, 1.807) is 18.2 Å². The highest BCUT2D eigenvalue weighted by Crippen LogP contribution is 2.35. The van der Waals surface area contributed by atoms with Gasteiger partial charge in [0.25, 0.3) is 0 Å². The molecule has 0 spiro atoms. The van der Waals surface area contributed by atoms with Gasteiger partial charge >= 0.3 is 6.18 Å². The molecule has 0 aliphatic carbocycles. The third-order valence-electron chi connectivity index (χ3n) is 3.15. The third kappa shape index (κ3) is 3.34. The molecule has 0 fully saturated rings. The quantitative estimate of drug-likeness (QED) is 0.805. The summed E-state index contributed by atoms with van der Waals surface area (Å²) in [5, 5.41) is 0. The number of hydrogen-bond donors (Lipinski definition) is 0. The van der Waals surface area contributed by atoms with Crippen molar-refractivity contribution in [3.8, 4) is 0 Å². The Balaban J connectivity index is 2.50. The zero-order valence-electron chi connectivity index (χ0n) is 11.5. The number of hydrogen-bond acceptors (Lipinski definition) is 2. The summed E-state index contributed by atoms with van der Waals surface area (Å²) in [6.07, 6.45) is -4.43. The van der Waals surface area contributed by atoms with Gasteiger partial charge in [-0.15, -0.1) is 0 Å². The van der Waals surface area contributed by atoms with Crippen molar-refractivity contribution in [3.63, 3.8) is 0 Å². The van der Waals surface area contributed by atoms with E-state index in [1.807, 2.05) is 6.92 Å². The van der Waals surface area contributed by atoms with Gasteiger partial charge in [0.05, 0.1) is 11.4 Å². The number of nitrogens with zero attached hydrogens (tertiary/aromatic N) is 2. The number of anilines is 2. The van der Waals surface area contributed by atoms with Crippen molar-refractivity contribution in [2.45, 2.75) is 25.9 Å². The Morgan fingerprint density at radius 1 is 1.05 bits per heavy atom. The molecule has 1 aliphatic rings. The summed E-state index contributed by atoms with van der Waals surface area (Å²) in [6.45, 7) is 0.829. The van der Waals surface area contributed by atoms with Crippen LogP contribution in [0.3, 0.4) is 0 Å². The molecule has 0 atom stereocenters. The number of halogens is 3. The van der Waals surface area contributed by atoms with Crippen LogP contribution < -0.4 is 9.80 Å². The number of benzene rings is 1. The summed E-state index contributed by atoms with van der Waals surface area (Å²) >= 11 is 0. The molecular formula is C14H15F3N2O2. The predicted octanol–water partition coefficient (Wildman–Crippen LogP) is 2.73. The second-order valence-electron chi connectivity index (χ2n) is 4.81. The summed E-state index contributed by atoms with van der Waals surface area (Å²) < 4.78 is 38.1. The standard InChI is InChI=1S/C14H15F3N2O2/c1-2-7-18-10-5-3-4-6-11(10)19(9-14(15,16)17)13(21)8-12(18)20/h3-6H,2,7-9H2,1H3. The number of carbonyl (C=O) groups is 2. The highest BCUT2D eigenvalue weighted by Gasteiger charge is 2.38. The average molecular weight is 300 g/mol. The summed E-state index contributed by atoms with van der Waals surface area (Å²) in [7, 11) is 0. The van der Waals surface area contributed by atoms with E-state index < -0.39 is 31.0 Å². The van der Waals surface area contributed by atoms with Gasteiger partial charge < -0.3 is 9.80 Å². The van der Waals surface area contributed by atoms with Crippen LogP contribution in [0, 0.1) is 0 Å². The normalized spacial score (nSPS) is 16.0. The Morgan fingerprint density at radius 2 is 1.57 bits per heavy atom. The lowest BCUT2D eigenvalue weighted by atomic mass is 10.2. The summed E-state index contributed by atoms with van der Waals surface area (Å²) in [5.41, 5.74) is 0.471. The van der Waals surface area contributed by atoms with Crippen LogP contribution in [-0.4, -0.2) is 31.1 Å². The van der Waals surface area contributed by atoms with E-state index in [2.05, 4.69) is 0 Å². The van der Waals surface area contributed by atoms with Gasteiger partial charge in [0, 0.05) is 6.54 Å². The fraction of sp³-hybridized carbons (Fsp3) is 0.429. The van der Waals surface area contributed by atoms with Crippen LogP contribution in [0.4, 0.5) is 24.5 Å². The number of fused-ring (bicyclic) bond motifs is 1. The molecule has 0 N–H and O–H groups in total. The highest BCUT2D eigenvalue weighted by molar-refractivity contribution is 6.15. The maximum Gasteiger partial charge on any atom is 0.406 e. The second kappa shape index (κ2) is 5.75. The van der Waals surface area contributed by atoms with Crippen molar-refractivity contribution in [1.82, 2.24) is 0 Å². The lowest BCUT2D eigenvalue weighted by Crippen LogP contribution is -2.39. The largest absolute Gasteiger partial charge is 0.406 e. The fourth-order valence-electron chi connectivity index (χ4n) is 2.33. The highest BCUT2D eigenvalue weighted by atomic mass is 19.4. The van der Waals surface area contributed by atoms with E-state index >= 15 is 0 Å². The molecule has 2 amide bonds. The van der Waals surface area contributed by atoms with E-state index in [0.29, 0.717) is 23.6 Å². The molecule has 0 aromatic heterocycles. The zero-order chi connectivity index (χ0) is 15.6. The first kappa shape index (κ1) is 15.3. The number of alkyl halides is 3. The van der Waals surface area contributed by atoms with Gasteiger partial charge in [-0.05, 0) is 18.6 Å². The Hall–Kier alpha value is -2.05. The molecule has 1 heterocycles.